The van der Waals surface area contributed by atoms with Crippen molar-refractivity contribution < 1.29 is 18.3 Å². The van der Waals surface area contributed by atoms with Crippen molar-refractivity contribution in [3.8, 4) is 11.1 Å². The monoisotopic (exact) mass is 324 g/mol. The normalized spacial score (nSPS) is 11.4. The summed E-state index contributed by atoms with van der Waals surface area (Å²) in [6.07, 6.45) is 1.06. The summed E-state index contributed by atoms with van der Waals surface area (Å²) in [6, 6.07) is 9.49. The van der Waals surface area contributed by atoms with Gasteiger partial charge in [0.1, 0.15) is 0 Å². The van der Waals surface area contributed by atoms with Crippen LogP contribution in [0.1, 0.15) is 15.9 Å². The van der Waals surface area contributed by atoms with E-state index in [-0.39, 0.29) is 10.5 Å². The van der Waals surface area contributed by atoms with E-state index in [1.54, 1.807) is 37.3 Å². The van der Waals surface area contributed by atoms with Crippen LogP contribution in [0.5, 0.6) is 0 Å². The van der Waals surface area contributed by atoms with E-state index in [0.717, 1.165) is 6.26 Å². The number of sulfone groups is 1. The average Bonchev–Trinajstić information content (AvgIpc) is 2.37. The van der Waals surface area contributed by atoms with E-state index < -0.39 is 15.8 Å². The van der Waals surface area contributed by atoms with E-state index in [4.69, 9.17) is 16.7 Å². The summed E-state index contributed by atoms with van der Waals surface area (Å²) in [5, 5.41) is 9.68. The van der Waals surface area contributed by atoms with E-state index in [1.807, 2.05) is 0 Å². The van der Waals surface area contributed by atoms with Crippen LogP contribution in [0, 0.1) is 6.92 Å². The maximum Gasteiger partial charge on any atom is 0.335 e. The third-order valence-corrected chi connectivity index (χ3v) is 4.50. The Balaban J connectivity index is 2.79. The van der Waals surface area contributed by atoms with Gasteiger partial charge in [0.25, 0.3) is 0 Å². The van der Waals surface area contributed by atoms with Gasteiger partial charge in [-0.15, -0.1) is 0 Å². The molecule has 0 atom stereocenters. The van der Waals surface area contributed by atoms with Crippen molar-refractivity contribution >= 4 is 27.4 Å². The first-order chi connectivity index (χ1) is 9.70. The van der Waals surface area contributed by atoms with E-state index in [1.165, 1.54) is 6.07 Å². The van der Waals surface area contributed by atoms with Gasteiger partial charge in [-0.2, -0.15) is 0 Å². The Hall–Kier alpha value is -1.85. The second kappa shape index (κ2) is 5.50. The van der Waals surface area contributed by atoms with Gasteiger partial charge in [-0.05, 0) is 42.3 Å². The summed E-state index contributed by atoms with van der Waals surface area (Å²) in [5.74, 6) is -1.15. The number of rotatable bonds is 3. The molecule has 2 aromatic rings. The van der Waals surface area contributed by atoms with Crippen molar-refractivity contribution in [1.29, 1.82) is 0 Å². The van der Waals surface area contributed by atoms with Gasteiger partial charge in [0.2, 0.25) is 0 Å². The predicted octanol–water partition coefficient (Wildman–Crippen LogP) is 3.42. The van der Waals surface area contributed by atoms with Crippen LogP contribution in [0.3, 0.4) is 0 Å². The zero-order chi connectivity index (χ0) is 15.8. The molecule has 0 heterocycles. The minimum Gasteiger partial charge on any atom is -0.478 e. The first-order valence-corrected chi connectivity index (χ1v) is 8.31. The molecule has 0 aliphatic carbocycles. The molecule has 0 amide bonds. The first-order valence-electron chi connectivity index (χ1n) is 6.04. The Morgan fingerprint density at radius 2 is 1.71 bits per heavy atom. The number of halogens is 1. The maximum atomic E-state index is 12.0. The van der Waals surface area contributed by atoms with Crippen molar-refractivity contribution in [2.75, 3.05) is 6.26 Å². The molecule has 0 bridgehead atoms. The summed E-state index contributed by atoms with van der Waals surface area (Å²) < 4.78 is 23.9. The summed E-state index contributed by atoms with van der Waals surface area (Å²) in [4.78, 5) is 11.2. The molecule has 1 N–H and O–H groups in total. The van der Waals surface area contributed by atoms with Gasteiger partial charge < -0.3 is 5.11 Å². The second-order valence-electron chi connectivity index (χ2n) is 4.75. The molecule has 0 unspecified atom stereocenters. The van der Waals surface area contributed by atoms with E-state index in [2.05, 4.69) is 0 Å². The number of carbonyl (C=O) groups is 1. The zero-order valence-electron chi connectivity index (χ0n) is 11.4. The number of aryl methyl sites for hydroxylation is 1. The Bertz CT molecular complexity index is 808. The molecule has 0 aliphatic rings. The SMILES string of the molecule is Cc1cc(-c2ccc(Cl)cc2)c(S(C)(=O)=O)cc1C(=O)O. The molecule has 4 nitrogen and oxygen atoms in total. The lowest BCUT2D eigenvalue weighted by Crippen LogP contribution is -2.06. The second-order valence-corrected chi connectivity index (χ2v) is 7.17. The standard InChI is InChI=1S/C15H13ClO4S/c1-9-7-13(10-3-5-11(16)6-4-10)14(21(2,19)20)8-12(9)15(17)18/h3-8H,1-2H3,(H,17,18). The highest BCUT2D eigenvalue weighted by Crippen LogP contribution is 2.31. The highest BCUT2D eigenvalue weighted by molar-refractivity contribution is 7.90. The Labute approximate surface area is 127 Å². The fraction of sp³-hybridized carbons (Fsp3) is 0.133. The van der Waals surface area contributed by atoms with Gasteiger partial charge in [0.15, 0.2) is 9.84 Å². The van der Waals surface area contributed by atoms with E-state index in [0.29, 0.717) is 21.7 Å². The molecule has 0 aliphatic heterocycles. The minimum absolute atomic E-state index is 0.00665. The molecule has 0 radical (unpaired) electrons. The topological polar surface area (TPSA) is 71.4 Å². The summed E-state index contributed by atoms with van der Waals surface area (Å²) in [6.45, 7) is 1.63. The van der Waals surface area contributed by atoms with Crippen LogP contribution in [-0.4, -0.2) is 25.7 Å². The number of benzene rings is 2. The number of carboxylic acids is 1. The predicted molar refractivity (Wildman–Crippen MR) is 81.7 cm³/mol. The molecule has 110 valence electrons. The van der Waals surface area contributed by atoms with Gasteiger partial charge in [-0.3, -0.25) is 0 Å². The number of aromatic carboxylic acids is 1. The molecule has 0 aromatic heterocycles. The molecule has 21 heavy (non-hydrogen) atoms. The molecule has 0 saturated heterocycles. The van der Waals surface area contributed by atoms with Crippen LogP contribution in [0.25, 0.3) is 11.1 Å². The van der Waals surface area contributed by atoms with Crippen LogP contribution < -0.4 is 0 Å². The first kappa shape index (κ1) is 15.5. The fourth-order valence-corrected chi connectivity index (χ4v) is 3.11. The Morgan fingerprint density at radius 3 is 2.19 bits per heavy atom. The molecule has 0 fully saturated rings. The largest absolute Gasteiger partial charge is 0.478 e. The van der Waals surface area contributed by atoms with Crippen molar-refractivity contribution in [3.05, 3.63) is 52.5 Å². The lowest BCUT2D eigenvalue weighted by Gasteiger charge is -2.12. The van der Waals surface area contributed by atoms with Crippen molar-refractivity contribution in [2.45, 2.75) is 11.8 Å². The minimum atomic E-state index is -3.56. The van der Waals surface area contributed by atoms with Crippen molar-refractivity contribution in [1.82, 2.24) is 0 Å². The van der Waals surface area contributed by atoms with E-state index >= 15 is 0 Å². The lowest BCUT2D eigenvalue weighted by molar-refractivity contribution is 0.0696. The fourth-order valence-electron chi connectivity index (χ4n) is 2.08. The molecule has 6 heteroatoms. The van der Waals surface area contributed by atoms with Gasteiger partial charge in [0.05, 0.1) is 10.5 Å². The Morgan fingerprint density at radius 1 is 1.14 bits per heavy atom. The van der Waals surface area contributed by atoms with Crippen LogP contribution >= 0.6 is 11.6 Å². The Kier molecular flexibility index (Phi) is 4.07. The van der Waals surface area contributed by atoms with E-state index in [9.17, 15) is 13.2 Å². The molecule has 2 aromatic carbocycles. The number of hydrogen-bond donors (Lipinski definition) is 1. The van der Waals surface area contributed by atoms with Gasteiger partial charge >= 0.3 is 5.97 Å². The molecular weight excluding hydrogens is 312 g/mol. The van der Waals surface area contributed by atoms with Gasteiger partial charge in [0, 0.05) is 16.8 Å². The zero-order valence-corrected chi connectivity index (χ0v) is 13.0. The van der Waals surface area contributed by atoms with Crippen LogP contribution in [0.4, 0.5) is 0 Å². The van der Waals surface area contributed by atoms with Crippen molar-refractivity contribution in [3.63, 3.8) is 0 Å². The maximum absolute atomic E-state index is 12.0. The summed E-state index contributed by atoms with van der Waals surface area (Å²) in [5.41, 5.74) is 1.62. The van der Waals surface area contributed by atoms with Crippen molar-refractivity contribution in [2.24, 2.45) is 0 Å². The van der Waals surface area contributed by atoms with Crippen LogP contribution in [-0.2, 0) is 9.84 Å². The van der Waals surface area contributed by atoms with Gasteiger partial charge in [-0.1, -0.05) is 23.7 Å². The smallest absolute Gasteiger partial charge is 0.335 e. The summed E-state index contributed by atoms with van der Waals surface area (Å²) >= 11 is 5.83. The average molecular weight is 325 g/mol. The summed E-state index contributed by atoms with van der Waals surface area (Å²) in [7, 11) is -3.56. The highest BCUT2D eigenvalue weighted by atomic mass is 35.5. The highest BCUT2D eigenvalue weighted by Gasteiger charge is 2.19. The molecule has 0 saturated carbocycles. The van der Waals surface area contributed by atoms with Crippen LogP contribution in [0.15, 0.2) is 41.3 Å². The third kappa shape index (κ3) is 3.25. The quantitative estimate of drug-likeness (QED) is 0.939. The molecule has 2 rings (SSSR count). The van der Waals surface area contributed by atoms with Crippen LogP contribution in [0.2, 0.25) is 5.02 Å². The van der Waals surface area contributed by atoms with Gasteiger partial charge in [-0.25, -0.2) is 13.2 Å². The molecule has 0 spiro atoms. The number of carboxylic acid groups (broad SMARTS) is 1. The third-order valence-electron chi connectivity index (χ3n) is 3.11. The number of hydrogen-bond acceptors (Lipinski definition) is 3. The molecular formula is C15H13ClO4S. The lowest BCUT2D eigenvalue weighted by atomic mass is 10.00.